The molecule has 0 amide bonds. The molecule has 0 aliphatic carbocycles. The van der Waals surface area contributed by atoms with Crippen LogP contribution in [-0.2, 0) is 0 Å². The highest BCUT2D eigenvalue weighted by atomic mass is 14.9. The highest BCUT2D eigenvalue weighted by Gasteiger charge is 1.59. The van der Waals surface area contributed by atoms with Crippen molar-refractivity contribution in [3.8, 4) is 0 Å². The van der Waals surface area contributed by atoms with Gasteiger partial charge in [-0.25, -0.2) is 15.0 Å². The van der Waals surface area contributed by atoms with Gasteiger partial charge in [0, 0.05) is 0 Å². The van der Waals surface area contributed by atoms with Gasteiger partial charge in [-0.05, 0) is 0 Å². The summed E-state index contributed by atoms with van der Waals surface area (Å²) in [6, 6.07) is 0. The monoisotopic (exact) mass is 125 g/mol. The van der Waals surface area contributed by atoms with Crippen LogP contribution in [-0.4, -0.2) is 15.0 Å². The SMILES string of the molecule is CCC.c1ncncn1. The van der Waals surface area contributed by atoms with E-state index in [9.17, 15) is 0 Å². The molecule has 0 spiro atoms. The first kappa shape index (κ1) is 8.01. The lowest BCUT2D eigenvalue weighted by atomic mass is 10.6. The van der Waals surface area contributed by atoms with E-state index in [2.05, 4.69) is 28.8 Å². The third-order valence-electron chi connectivity index (χ3n) is 0.400. The largest absolute Gasteiger partial charge is 0.225 e. The smallest absolute Gasteiger partial charge is 0.119 e. The number of aromatic nitrogens is 3. The zero-order valence-electron chi connectivity index (χ0n) is 5.78. The van der Waals surface area contributed by atoms with Crippen molar-refractivity contribution in [2.75, 3.05) is 0 Å². The molecule has 3 heteroatoms. The fourth-order valence-electron chi connectivity index (χ4n) is 0.205. The molecule has 1 heterocycles. The minimum Gasteiger partial charge on any atom is -0.225 e. The Bertz CT molecular complexity index is 91.2. The molecular weight excluding hydrogens is 114 g/mol. The Morgan fingerprint density at radius 2 is 1.11 bits per heavy atom. The summed E-state index contributed by atoms with van der Waals surface area (Å²) in [7, 11) is 0. The van der Waals surface area contributed by atoms with Crippen molar-refractivity contribution in [2.24, 2.45) is 0 Å². The maximum atomic E-state index is 3.56. The molecule has 9 heavy (non-hydrogen) atoms. The van der Waals surface area contributed by atoms with Gasteiger partial charge in [-0.2, -0.15) is 0 Å². The molecule has 1 aromatic rings. The molecule has 0 unspecified atom stereocenters. The highest BCUT2D eigenvalue weighted by molar-refractivity contribution is 4.51. The van der Waals surface area contributed by atoms with Crippen molar-refractivity contribution in [3.05, 3.63) is 19.0 Å². The first-order valence-corrected chi connectivity index (χ1v) is 2.96. The van der Waals surface area contributed by atoms with Crippen LogP contribution in [0.1, 0.15) is 20.3 Å². The zero-order chi connectivity index (χ0) is 6.95. The van der Waals surface area contributed by atoms with Gasteiger partial charge in [0.25, 0.3) is 0 Å². The second-order valence-electron chi connectivity index (χ2n) is 1.50. The van der Waals surface area contributed by atoms with Crippen molar-refractivity contribution in [1.29, 1.82) is 0 Å². The summed E-state index contributed by atoms with van der Waals surface area (Å²) in [6.07, 6.45) is 5.56. The molecule has 0 aliphatic rings. The topological polar surface area (TPSA) is 38.7 Å². The number of nitrogens with zero attached hydrogens (tertiary/aromatic N) is 3. The predicted octanol–water partition coefficient (Wildman–Crippen LogP) is 1.29. The third-order valence-corrected chi connectivity index (χ3v) is 0.400. The van der Waals surface area contributed by atoms with Gasteiger partial charge in [-0.3, -0.25) is 0 Å². The van der Waals surface area contributed by atoms with E-state index in [-0.39, 0.29) is 0 Å². The van der Waals surface area contributed by atoms with Crippen LogP contribution in [0.5, 0.6) is 0 Å². The van der Waals surface area contributed by atoms with E-state index in [4.69, 9.17) is 0 Å². The number of hydrogen-bond acceptors (Lipinski definition) is 3. The lowest BCUT2D eigenvalue weighted by Crippen LogP contribution is -1.73. The molecule has 0 radical (unpaired) electrons. The molecule has 1 aromatic heterocycles. The van der Waals surface area contributed by atoms with Crippen molar-refractivity contribution in [2.45, 2.75) is 20.3 Å². The molecule has 0 atom stereocenters. The average Bonchev–Trinajstić information content (AvgIpc) is 1.93. The van der Waals surface area contributed by atoms with Gasteiger partial charge in [0.15, 0.2) is 0 Å². The maximum absolute atomic E-state index is 3.56. The van der Waals surface area contributed by atoms with Gasteiger partial charge >= 0.3 is 0 Å². The van der Waals surface area contributed by atoms with Gasteiger partial charge in [0.05, 0.1) is 0 Å². The van der Waals surface area contributed by atoms with E-state index in [1.807, 2.05) is 0 Å². The molecular formula is C6H11N3. The first-order chi connectivity index (χ1) is 4.41. The van der Waals surface area contributed by atoms with Crippen LogP contribution in [0.4, 0.5) is 0 Å². The van der Waals surface area contributed by atoms with E-state index >= 15 is 0 Å². The first-order valence-electron chi connectivity index (χ1n) is 2.96. The summed E-state index contributed by atoms with van der Waals surface area (Å²) in [6.45, 7) is 4.25. The normalized spacial score (nSPS) is 7.33. The van der Waals surface area contributed by atoms with Crippen molar-refractivity contribution in [3.63, 3.8) is 0 Å². The molecule has 0 fully saturated rings. The Hall–Kier alpha value is -0.990. The highest BCUT2D eigenvalue weighted by Crippen LogP contribution is 1.57. The second kappa shape index (κ2) is 7.01. The van der Waals surface area contributed by atoms with Crippen LogP contribution in [0.2, 0.25) is 0 Å². The van der Waals surface area contributed by atoms with Crippen LogP contribution in [0.25, 0.3) is 0 Å². The molecule has 50 valence electrons. The van der Waals surface area contributed by atoms with Crippen LogP contribution < -0.4 is 0 Å². The van der Waals surface area contributed by atoms with E-state index in [0.29, 0.717) is 0 Å². The lowest BCUT2D eigenvalue weighted by molar-refractivity contribution is 1.05. The Kier molecular flexibility index (Phi) is 6.24. The molecule has 0 aliphatic heterocycles. The Labute approximate surface area is 55.2 Å². The van der Waals surface area contributed by atoms with Crippen molar-refractivity contribution < 1.29 is 0 Å². The van der Waals surface area contributed by atoms with E-state index in [1.54, 1.807) is 0 Å². The Morgan fingerprint density at radius 1 is 0.889 bits per heavy atom. The minimum absolute atomic E-state index is 1.25. The number of rotatable bonds is 0. The van der Waals surface area contributed by atoms with E-state index in [0.717, 1.165) is 0 Å². The lowest BCUT2D eigenvalue weighted by Gasteiger charge is -1.69. The summed E-state index contributed by atoms with van der Waals surface area (Å²) in [5.74, 6) is 0. The Balaban J connectivity index is 0.000000187. The predicted molar refractivity (Wildman–Crippen MR) is 35.8 cm³/mol. The molecule has 3 nitrogen and oxygen atoms in total. The summed E-state index contributed by atoms with van der Waals surface area (Å²) in [4.78, 5) is 10.7. The minimum atomic E-state index is 1.25. The summed E-state index contributed by atoms with van der Waals surface area (Å²) in [5.41, 5.74) is 0. The maximum Gasteiger partial charge on any atom is 0.119 e. The molecule has 1 rings (SSSR count). The van der Waals surface area contributed by atoms with E-state index in [1.165, 1.54) is 25.4 Å². The second-order valence-corrected chi connectivity index (χ2v) is 1.50. The van der Waals surface area contributed by atoms with Gasteiger partial charge in [0.2, 0.25) is 0 Å². The quantitative estimate of drug-likeness (QED) is 0.524. The van der Waals surface area contributed by atoms with Crippen molar-refractivity contribution >= 4 is 0 Å². The summed E-state index contributed by atoms with van der Waals surface area (Å²) < 4.78 is 0. The van der Waals surface area contributed by atoms with Crippen molar-refractivity contribution in [1.82, 2.24) is 15.0 Å². The fourth-order valence-corrected chi connectivity index (χ4v) is 0.205. The van der Waals surface area contributed by atoms with Gasteiger partial charge < -0.3 is 0 Å². The van der Waals surface area contributed by atoms with Crippen LogP contribution in [0, 0.1) is 0 Å². The molecule has 0 aromatic carbocycles. The van der Waals surface area contributed by atoms with Gasteiger partial charge in [0.1, 0.15) is 19.0 Å². The van der Waals surface area contributed by atoms with E-state index < -0.39 is 0 Å². The number of hydrogen-bond donors (Lipinski definition) is 0. The van der Waals surface area contributed by atoms with Crippen LogP contribution in [0.15, 0.2) is 19.0 Å². The van der Waals surface area contributed by atoms with Gasteiger partial charge in [-0.1, -0.05) is 20.3 Å². The molecule has 0 saturated heterocycles. The van der Waals surface area contributed by atoms with Crippen LogP contribution in [0.3, 0.4) is 0 Å². The molecule has 0 bridgehead atoms. The molecule has 0 saturated carbocycles. The Morgan fingerprint density at radius 3 is 1.22 bits per heavy atom. The third kappa shape index (κ3) is 7.01. The zero-order valence-corrected chi connectivity index (χ0v) is 5.78. The van der Waals surface area contributed by atoms with Crippen LogP contribution >= 0.6 is 0 Å². The summed E-state index contributed by atoms with van der Waals surface area (Å²) >= 11 is 0. The fraction of sp³-hybridized carbons (Fsp3) is 0.500. The van der Waals surface area contributed by atoms with Gasteiger partial charge in [-0.15, -0.1) is 0 Å². The average molecular weight is 125 g/mol. The summed E-state index contributed by atoms with van der Waals surface area (Å²) in [5, 5.41) is 0. The standard InChI is InChI=1S/C3H3N3.C3H8/c1-4-2-6-3-5-1;1-3-2/h1-3H;3H2,1-2H3. The molecule has 0 N–H and O–H groups in total.